The molecule has 108 heavy (non-hydrogen) atoms. The van der Waals surface area contributed by atoms with E-state index in [2.05, 4.69) is 257 Å². The zero-order valence-electron chi connectivity index (χ0n) is 60.0. The molecule has 19 nitrogen and oxygen atoms in total. The Morgan fingerprint density at radius 3 is 0.657 bits per heavy atom. The molecule has 514 valence electrons. The van der Waals surface area contributed by atoms with Gasteiger partial charge in [-0.05, 0) is 177 Å². The number of hydrogen-bond donors (Lipinski definition) is 0. The Hall–Kier alpha value is -14.3. The number of para-hydroxylation sites is 4. The zero-order chi connectivity index (χ0) is 72.7. The van der Waals surface area contributed by atoms with Gasteiger partial charge in [-0.3, -0.25) is 0 Å². The highest BCUT2D eigenvalue weighted by atomic mass is 15.1. The molecule has 0 atom stereocenters. The molecule has 0 N–H and O–H groups in total. The van der Waals surface area contributed by atoms with Gasteiger partial charge in [0.25, 0.3) is 0 Å². The van der Waals surface area contributed by atoms with E-state index in [-0.39, 0.29) is 0 Å². The van der Waals surface area contributed by atoms with E-state index in [0.717, 1.165) is 149 Å². The van der Waals surface area contributed by atoms with Crippen LogP contribution >= 0.6 is 0 Å². The van der Waals surface area contributed by atoms with E-state index in [4.69, 9.17) is 54.8 Å². The van der Waals surface area contributed by atoms with Crippen molar-refractivity contribution in [2.45, 2.75) is 55.4 Å². The lowest BCUT2D eigenvalue weighted by Crippen LogP contribution is -2.10. The van der Waals surface area contributed by atoms with Crippen molar-refractivity contribution in [3.63, 3.8) is 0 Å². The quantitative estimate of drug-likeness (QED) is 0.118. The summed E-state index contributed by atoms with van der Waals surface area (Å²) in [7, 11) is 0. The average molecular weight is 1400 g/mol. The van der Waals surface area contributed by atoms with Crippen LogP contribution in [0.5, 0.6) is 0 Å². The van der Waals surface area contributed by atoms with Gasteiger partial charge >= 0.3 is 0 Å². The first-order valence-electron chi connectivity index (χ1n) is 35.8. The van der Waals surface area contributed by atoms with Gasteiger partial charge in [-0.1, -0.05) is 115 Å². The summed E-state index contributed by atoms with van der Waals surface area (Å²) in [6.45, 7) is 15.2. The smallest absolute Gasteiger partial charge is 0.168 e. The van der Waals surface area contributed by atoms with Crippen molar-refractivity contribution >= 4 is 87.2 Å². The summed E-state index contributed by atoms with van der Waals surface area (Å²) in [6, 6.07) is 83.5. The van der Waals surface area contributed by atoms with Crippen LogP contribution in [0, 0.1) is 55.4 Å². The fourth-order valence-corrected chi connectivity index (χ4v) is 16.0. The standard InChI is InChI=1S/C89H63N19/c1-48-90-49(2)95-84(94-48)57-36-40-73-65(44-57)61-24-12-16-28-69(61)105(73)77-32-20-33-78(106-70-29-17-13-25-62(70)66-45-58(37-41-74(66)106)85-96-50(3)91-51(4)97-85)81(77)88-102-83(56-22-10-9-11-23-56)103-89(104-88)82-79(107-71-30-18-14-26-63(71)67-46-59(38-42-75(67)107)86-98-52(5)92-53(6)99-86)34-21-35-80(82)108-72-31-19-15-27-64(72)68-47-60(39-43-76(68)108)87-100-54(7)93-55(8)101-87/h9-47H,1-8H3. The third-order valence-electron chi connectivity index (χ3n) is 20.3. The number of hydrogen-bond acceptors (Lipinski definition) is 15. The molecule has 19 heteroatoms. The third-order valence-corrected chi connectivity index (χ3v) is 20.3. The lowest BCUT2D eigenvalue weighted by molar-refractivity contribution is 0.928. The molecule has 0 aliphatic carbocycles. The maximum atomic E-state index is 6.14. The summed E-state index contributed by atoms with van der Waals surface area (Å²) in [5.41, 5.74) is 16.7. The highest BCUT2D eigenvalue weighted by Gasteiger charge is 2.30. The zero-order valence-corrected chi connectivity index (χ0v) is 60.0. The molecule has 0 amide bonds. The fraction of sp³-hybridized carbons (Fsp3) is 0.0899. The van der Waals surface area contributed by atoms with E-state index in [1.807, 2.05) is 73.6 Å². The van der Waals surface area contributed by atoms with Crippen LogP contribution in [0.4, 0.5) is 0 Å². The molecule has 9 heterocycles. The monoisotopic (exact) mass is 1400 g/mol. The van der Waals surface area contributed by atoms with Gasteiger partial charge in [0, 0.05) is 70.9 Å². The van der Waals surface area contributed by atoms with Crippen molar-refractivity contribution < 1.29 is 0 Å². The summed E-state index contributed by atoms with van der Waals surface area (Å²) in [5, 5.41) is 8.19. The largest absolute Gasteiger partial charge is 0.308 e. The molecule has 20 aromatic rings. The molecule has 0 saturated carbocycles. The molecular formula is C89H63N19. The van der Waals surface area contributed by atoms with Crippen LogP contribution in [0.15, 0.2) is 237 Å². The Morgan fingerprint density at radius 1 is 0.167 bits per heavy atom. The third kappa shape index (κ3) is 10.4. The van der Waals surface area contributed by atoms with Gasteiger partial charge in [0.15, 0.2) is 40.8 Å². The van der Waals surface area contributed by atoms with E-state index in [0.29, 0.717) is 87.4 Å². The summed E-state index contributed by atoms with van der Waals surface area (Å²) in [5.74, 6) is 8.93. The van der Waals surface area contributed by atoms with Crippen LogP contribution in [0.3, 0.4) is 0 Å². The van der Waals surface area contributed by atoms with Crippen LogP contribution in [0.2, 0.25) is 0 Å². The van der Waals surface area contributed by atoms with Gasteiger partial charge in [-0.15, -0.1) is 0 Å². The van der Waals surface area contributed by atoms with Gasteiger partial charge < -0.3 is 18.3 Å². The Morgan fingerprint density at radius 2 is 0.389 bits per heavy atom. The van der Waals surface area contributed by atoms with Gasteiger partial charge in [0.1, 0.15) is 46.6 Å². The van der Waals surface area contributed by atoms with Crippen molar-refractivity contribution in [1.82, 2.24) is 93.0 Å². The maximum Gasteiger partial charge on any atom is 0.168 e. The molecule has 0 bridgehead atoms. The van der Waals surface area contributed by atoms with Crippen molar-refractivity contribution in [2.75, 3.05) is 0 Å². The topological polar surface area (TPSA) is 213 Å². The Labute approximate surface area is 617 Å². The van der Waals surface area contributed by atoms with Gasteiger partial charge in [0.05, 0.1) is 78.0 Å². The lowest BCUT2D eigenvalue weighted by Gasteiger charge is -2.22. The van der Waals surface area contributed by atoms with Gasteiger partial charge in [-0.25, -0.2) is 74.8 Å². The average Bonchev–Trinajstić information content (AvgIpc) is 1.53. The molecular weight excluding hydrogens is 1340 g/mol. The number of aryl methyl sites for hydroxylation is 8. The fourth-order valence-electron chi connectivity index (χ4n) is 16.0. The minimum absolute atomic E-state index is 0.423. The number of benzene rings is 11. The molecule has 0 saturated heterocycles. The lowest BCUT2D eigenvalue weighted by atomic mass is 10.1. The molecule has 0 radical (unpaired) electrons. The normalized spacial score (nSPS) is 11.9. The SMILES string of the molecule is Cc1nc(C)nc(-c2ccc3c(c2)c2ccccc2n3-c2cccc(-n3c4ccccc4c4cc(-c5nc(C)nc(C)n5)ccc43)c2-c2nc(-c3ccccc3)nc(-c3c(-n4c5ccccc5c5cc(-c6nc(C)nc(C)n6)ccc54)cccc3-n3c4ccccc4c4cc(-c5nc(C)nc(C)n5)ccc43)n2)n1. The number of nitrogens with zero attached hydrogens (tertiary/aromatic N) is 19. The maximum absolute atomic E-state index is 6.14. The predicted octanol–water partition coefficient (Wildman–Crippen LogP) is 19.1. The molecule has 0 fully saturated rings. The van der Waals surface area contributed by atoms with Crippen molar-refractivity contribution in [1.29, 1.82) is 0 Å². The molecule has 0 aliphatic heterocycles. The predicted molar refractivity (Wildman–Crippen MR) is 427 cm³/mol. The molecule has 11 aromatic carbocycles. The highest BCUT2D eigenvalue weighted by molar-refractivity contribution is 6.15. The highest BCUT2D eigenvalue weighted by Crippen LogP contribution is 2.47. The summed E-state index contributed by atoms with van der Waals surface area (Å²) >= 11 is 0. The molecule has 9 aromatic heterocycles. The second-order valence-electron chi connectivity index (χ2n) is 27.4. The van der Waals surface area contributed by atoms with E-state index in [1.165, 1.54) is 0 Å². The second kappa shape index (κ2) is 24.7. The van der Waals surface area contributed by atoms with Crippen LogP contribution < -0.4 is 0 Å². The second-order valence-corrected chi connectivity index (χ2v) is 27.4. The molecule has 0 unspecified atom stereocenters. The first-order chi connectivity index (χ1) is 52.8. The van der Waals surface area contributed by atoms with Crippen molar-refractivity contribution in [3.8, 4) is 102 Å². The number of fused-ring (bicyclic) bond motifs is 12. The summed E-state index contributed by atoms with van der Waals surface area (Å²) in [4.78, 5) is 74.9. The summed E-state index contributed by atoms with van der Waals surface area (Å²) < 4.78 is 9.43. The van der Waals surface area contributed by atoms with Crippen molar-refractivity contribution in [2.24, 2.45) is 0 Å². The molecule has 0 aliphatic rings. The van der Waals surface area contributed by atoms with Gasteiger partial charge in [-0.2, -0.15) is 0 Å². The first kappa shape index (κ1) is 63.4. The van der Waals surface area contributed by atoms with E-state index >= 15 is 0 Å². The molecule has 20 rings (SSSR count). The first-order valence-corrected chi connectivity index (χ1v) is 35.8. The van der Waals surface area contributed by atoms with E-state index in [1.54, 1.807) is 0 Å². The van der Waals surface area contributed by atoms with Crippen LogP contribution in [-0.4, -0.2) is 93.0 Å². The number of aromatic nitrogens is 19. The van der Waals surface area contributed by atoms with E-state index < -0.39 is 0 Å². The minimum atomic E-state index is 0.423. The van der Waals surface area contributed by atoms with Crippen LogP contribution in [0.1, 0.15) is 46.6 Å². The minimum Gasteiger partial charge on any atom is -0.308 e. The summed E-state index contributed by atoms with van der Waals surface area (Å²) in [6.07, 6.45) is 0. The van der Waals surface area contributed by atoms with Gasteiger partial charge in [0.2, 0.25) is 0 Å². The Kier molecular flexibility index (Phi) is 14.5. The van der Waals surface area contributed by atoms with Crippen LogP contribution in [-0.2, 0) is 0 Å². The van der Waals surface area contributed by atoms with Crippen LogP contribution in [0.25, 0.3) is 190 Å². The van der Waals surface area contributed by atoms with E-state index in [9.17, 15) is 0 Å². The van der Waals surface area contributed by atoms with Crippen molar-refractivity contribution in [3.05, 3.63) is 283 Å². The Bertz CT molecular complexity index is 6330. The number of rotatable bonds is 11. The molecule has 0 spiro atoms. The Balaban J connectivity index is 0.922.